The van der Waals surface area contributed by atoms with Gasteiger partial charge < -0.3 is 28.5 Å². The Morgan fingerprint density at radius 3 is 1.53 bits per heavy atom. The van der Waals surface area contributed by atoms with Crippen LogP contribution in [0.2, 0.25) is 5.04 Å². The number of likely N-dealkylation sites (tertiary alicyclic amines) is 2. The fourth-order valence-corrected chi connectivity index (χ4v) is 13.9. The lowest BCUT2D eigenvalue weighted by Crippen LogP contribution is -2.69. The maximum absolute atomic E-state index is 13.3. The number of ether oxygens (including phenoxy) is 4. The molecule has 8 rings (SSSR count). The second kappa shape index (κ2) is 17.9. The molecule has 57 heavy (non-hydrogen) atoms. The molecule has 8 atom stereocenters. The Kier molecular flexibility index (Phi) is 12.9. The summed E-state index contributed by atoms with van der Waals surface area (Å²) in [6, 6.07) is 39.5. The number of alkyl halides is 2. The van der Waals surface area contributed by atoms with E-state index >= 15 is 0 Å². The highest BCUT2D eigenvalue weighted by molar-refractivity contribution is 6.99. The normalized spacial score (nSPS) is 26.6. The molecule has 0 aliphatic carbocycles. The third-order valence-electron chi connectivity index (χ3n) is 11.2. The van der Waals surface area contributed by atoms with Gasteiger partial charge in [0.2, 0.25) is 0 Å². The van der Waals surface area contributed by atoms with Crippen molar-refractivity contribution in [2.45, 2.75) is 86.3 Å². The van der Waals surface area contributed by atoms with Gasteiger partial charge in [-0.05, 0) is 26.5 Å². The Balaban J connectivity index is 0.000000208. The largest absolute Gasteiger partial charge is 0.445 e. The van der Waals surface area contributed by atoms with Crippen molar-refractivity contribution in [2.24, 2.45) is 0 Å². The summed E-state index contributed by atoms with van der Waals surface area (Å²) < 4.78 is 29.9. The van der Waals surface area contributed by atoms with E-state index in [-0.39, 0.29) is 66.1 Å². The summed E-state index contributed by atoms with van der Waals surface area (Å²) in [7, 11) is -2.83. The van der Waals surface area contributed by atoms with Crippen molar-refractivity contribution >= 4 is 54.1 Å². The molecule has 4 aliphatic rings. The predicted molar refractivity (Wildman–Crippen MR) is 222 cm³/mol. The summed E-state index contributed by atoms with van der Waals surface area (Å²) in [4.78, 5) is 28.6. The number of aliphatic hydroxyl groups is 1. The molecule has 0 saturated carbocycles. The minimum Gasteiger partial charge on any atom is -0.445 e. The highest BCUT2D eigenvalue weighted by Crippen LogP contribution is 2.42. The minimum atomic E-state index is -2.83. The highest BCUT2D eigenvalue weighted by atomic mass is 35.5. The monoisotopic (exact) mass is 832 g/mol. The number of hydrogen-bond donors (Lipinski definition) is 1. The summed E-state index contributed by atoms with van der Waals surface area (Å²) in [5.74, 6) is 0. The molecule has 1 N–H and O–H groups in total. The highest BCUT2D eigenvalue weighted by Gasteiger charge is 2.58. The van der Waals surface area contributed by atoms with Gasteiger partial charge in [-0.3, -0.25) is 9.80 Å². The Bertz CT molecular complexity index is 1890. The quantitative estimate of drug-likeness (QED) is 0.162. The Morgan fingerprint density at radius 1 is 0.667 bits per heavy atom. The number of fused-ring (bicyclic) bond motifs is 2. The van der Waals surface area contributed by atoms with Crippen LogP contribution < -0.4 is 10.4 Å². The molecule has 4 heterocycles. The Morgan fingerprint density at radius 2 is 1.07 bits per heavy atom. The van der Waals surface area contributed by atoms with Crippen LogP contribution in [0.15, 0.2) is 121 Å². The van der Waals surface area contributed by atoms with E-state index in [1.54, 1.807) is 4.90 Å². The summed E-state index contributed by atoms with van der Waals surface area (Å²) in [5.41, 5.74) is 1.86. The summed E-state index contributed by atoms with van der Waals surface area (Å²) in [6.45, 7) is 8.45. The number of hydrogen-bond acceptors (Lipinski definition) is 8. The van der Waals surface area contributed by atoms with Crippen molar-refractivity contribution in [3.05, 3.63) is 132 Å². The number of halogens is 2. The molecule has 4 aliphatic heterocycles. The molecule has 302 valence electrons. The van der Waals surface area contributed by atoms with Crippen molar-refractivity contribution in [1.29, 1.82) is 0 Å². The first kappa shape index (κ1) is 41.2. The predicted octanol–water partition coefficient (Wildman–Crippen LogP) is 6.33. The fourth-order valence-electron chi connectivity index (χ4n) is 8.49. The average Bonchev–Trinajstić information content (AvgIpc) is 3.99. The first-order valence-corrected chi connectivity index (χ1v) is 22.2. The number of carbonyl (C=O) groups excluding carboxylic acids is 2. The second-order valence-electron chi connectivity index (χ2n) is 15.9. The summed E-state index contributed by atoms with van der Waals surface area (Å²) >= 11 is 12.9. The van der Waals surface area contributed by atoms with Crippen molar-refractivity contribution in [3.8, 4) is 0 Å². The Labute approximate surface area is 345 Å². The third-order valence-corrected chi connectivity index (χ3v) is 17.0. The first-order valence-electron chi connectivity index (χ1n) is 19.4. The van der Waals surface area contributed by atoms with E-state index in [1.165, 1.54) is 15.3 Å². The van der Waals surface area contributed by atoms with Crippen LogP contribution in [0.25, 0.3) is 0 Å². The van der Waals surface area contributed by atoms with E-state index in [0.717, 1.165) is 11.1 Å². The van der Waals surface area contributed by atoms with Crippen LogP contribution in [-0.2, 0) is 36.6 Å². The zero-order valence-electron chi connectivity index (χ0n) is 32.4. The smallest absolute Gasteiger partial charge is 0.410 e. The summed E-state index contributed by atoms with van der Waals surface area (Å²) in [6.07, 6.45) is -2.48. The van der Waals surface area contributed by atoms with Crippen LogP contribution in [-0.4, -0.2) is 109 Å². The molecule has 0 bridgehead atoms. The average molecular weight is 834 g/mol. The number of benzene rings is 4. The van der Waals surface area contributed by atoms with Crippen LogP contribution in [0.1, 0.15) is 31.9 Å². The van der Waals surface area contributed by atoms with E-state index in [1.807, 2.05) is 72.8 Å². The first-order chi connectivity index (χ1) is 27.5. The van der Waals surface area contributed by atoms with Crippen molar-refractivity contribution in [2.75, 3.05) is 26.3 Å². The molecule has 0 aromatic heterocycles. The van der Waals surface area contributed by atoms with E-state index in [2.05, 4.69) is 69.3 Å². The van der Waals surface area contributed by atoms with Crippen LogP contribution in [0.4, 0.5) is 9.59 Å². The van der Waals surface area contributed by atoms with Gasteiger partial charge in [0.1, 0.15) is 19.3 Å². The van der Waals surface area contributed by atoms with Gasteiger partial charge in [-0.2, -0.15) is 0 Å². The van der Waals surface area contributed by atoms with Gasteiger partial charge in [0.25, 0.3) is 8.32 Å². The molecule has 4 aromatic carbocycles. The van der Waals surface area contributed by atoms with Gasteiger partial charge in [-0.25, -0.2) is 9.59 Å². The SMILES string of the molecule is CC(C)(C)[Si](O[C@H]1CO[C@H]2[C@@H]1N(C(=O)OCc1ccccc1)C[C@H]2Cl)(c1ccccc1)c1ccccc1.O=C(OCc1ccccc1)N1C[C@@H](Cl)[C@H]2OC[C@H](O)[C@H]21. The van der Waals surface area contributed by atoms with Crippen molar-refractivity contribution in [3.63, 3.8) is 0 Å². The van der Waals surface area contributed by atoms with Gasteiger partial charge in [0.05, 0.1) is 54.4 Å². The molecule has 0 spiro atoms. The lowest BCUT2D eigenvalue weighted by Gasteiger charge is -2.45. The molecule has 13 heteroatoms. The van der Waals surface area contributed by atoms with Gasteiger partial charge in [-0.1, -0.05) is 142 Å². The van der Waals surface area contributed by atoms with Gasteiger partial charge in [0.15, 0.2) is 0 Å². The molecule has 0 radical (unpaired) electrons. The van der Waals surface area contributed by atoms with Crippen molar-refractivity contribution in [1.82, 2.24) is 9.80 Å². The molecule has 2 amide bonds. The number of rotatable bonds is 8. The molecule has 4 fully saturated rings. The van der Waals surface area contributed by atoms with Crippen LogP contribution in [0, 0.1) is 0 Å². The molecule has 4 aromatic rings. The van der Waals surface area contributed by atoms with Crippen molar-refractivity contribution < 1.29 is 38.1 Å². The van der Waals surface area contributed by atoms with Crippen LogP contribution in [0.5, 0.6) is 0 Å². The Hall–Kier alpha value is -3.94. The zero-order chi connectivity index (χ0) is 40.2. The number of amides is 2. The minimum absolute atomic E-state index is 0.189. The second-order valence-corrected chi connectivity index (χ2v) is 21.3. The number of carbonyl (C=O) groups is 2. The third kappa shape index (κ3) is 8.76. The number of aliphatic hydroxyl groups excluding tert-OH is 1. The maximum atomic E-state index is 13.3. The molecule has 4 saturated heterocycles. The molecule has 0 unspecified atom stereocenters. The van der Waals surface area contributed by atoms with E-state index in [9.17, 15) is 14.7 Å². The van der Waals surface area contributed by atoms with Gasteiger partial charge >= 0.3 is 12.2 Å². The molecule has 10 nitrogen and oxygen atoms in total. The maximum Gasteiger partial charge on any atom is 0.410 e. The van der Waals surface area contributed by atoms with E-state index in [0.29, 0.717) is 19.7 Å². The number of nitrogens with zero attached hydrogens (tertiary/aromatic N) is 2. The van der Waals surface area contributed by atoms with E-state index < -0.39 is 26.6 Å². The fraction of sp³-hybridized carbons (Fsp3) is 0.409. The van der Waals surface area contributed by atoms with E-state index in [4.69, 9.17) is 46.6 Å². The molecular formula is C44H50Cl2N2O8Si. The van der Waals surface area contributed by atoms with Gasteiger partial charge in [0, 0.05) is 13.1 Å². The lowest BCUT2D eigenvalue weighted by atomic mass is 10.1. The standard InChI is InChI=1S/C30H34ClNO4Si.C14H16ClNO4/c1-30(2,3)37(23-15-9-5-10-16-23,24-17-11-6-12-18-24)36-26-21-34-28-25(31)19-32(27(26)28)29(33)35-20-22-13-7-4-8-14-22;15-10-6-16(12-11(17)8-19-13(10)12)14(18)20-7-9-4-2-1-3-5-9/h4-18,25-28H,19-21H2,1-3H3;1-5,10-13,17H,6-8H2/t25-,26+,27-,28-;10-,11+,12-,13-/m11/s1. The van der Waals surface area contributed by atoms with Crippen LogP contribution in [0.3, 0.4) is 0 Å². The zero-order valence-corrected chi connectivity index (χ0v) is 34.9. The lowest BCUT2D eigenvalue weighted by molar-refractivity contribution is 0.0602. The van der Waals surface area contributed by atoms with Crippen LogP contribution >= 0.6 is 23.2 Å². The topological polar surface area (TPSA) is 107 Å². The molecular weight excluding hydrogens is 783 g/mol. The summed E-state index contributed by atoms with van der Waals surface area (Å²) in [5, 5.41) is 11.5. The van der Waals surface area contributed by atoms with Gasteiger partial charge in [-0.15, -0.1) is 23.2 Å².